The van der Waals surface area contributed by atoms with E-state index in [1.165, 1.54) is 17.2 Å². The van der Waals surface area contributed by atoms with Crippen molar-refractivity contribution in [2.24, 2.45) is 0 Å². The number of carbonyl (C=O) groups is 1. The molecule has 0 saturated heterocycles. The molecule has 0 saturated carbocycles. The molecule has 1 amide bonds. The molecule has 2 rings (SSSR count). The Balaban J connectivity index is 2.26. The molecule has 16 heavy (non-hydrogen) atoms. The zero-order valence-corrected chi connectivity index (χ0v) is 8.75. The van der Waals surface area contributed by atoms with Gasteiger partial charge in [0, 0.05) is 18.8 Å². The molecule has 0 atom stereocenters. The molecule has 0 bridgehead atoms. The molecule has 0 unspecified atom stereocenters. The highest BCUT2D eigenvalue weighted by Gasteiger charge is 2.15. The van der Waals surface area contributed by atoms with Crippen LogP contribution >= 0.6 is 0 Å². The summed E-state index contributed by atoms with van der Waals surface area (Å²) in [7, 11) is 1.62. The van der Waals surface area contributed by atoms with Gasteiger partial charge in [0.1, 0.15) is 5.75 Å². The maximum absolute atomic E-state index is 11.9. The summed E-state index contributed by atoms with van der Waals surface area (Å²) in [6.45, 7) is 0. The van der Waals surface area contributed by atoms with Crippen molar-refractivity contribution in [1.82, 2.24) is 0 Å². The van der Waals surface area contributed by atoms with Crippen molar-refractivity contribution >= 4 is 11.6 Å². The van der Waals surface area contributed by atoms with Gasteiger partial charge >= 0.3 is 0 Å². The summed E-state index contributed by atoms with van der Waals surface area (Å²) >= 11 is 0. The molecule has 1 N–H and O–H groups in total. The van der Waals surface area contributed by atoms with Crippen molar-refractivity contribution in [2.45, 2.75) is 0 Å². The number of aromatic hydroxyl groups is 1. The molecule has 1 aromatic carbocycles. The third kappa shape index (κ3) is 1.91. The van der Waals surface area contributed by atoms with Crippen molar-refractivity contribution in [3.8, 4) is 5.75 Å². The molecule has 0 fully saturated rings. The lowest BCUT2D eigenvalue weighted by Crippen LogP contribution is -2.25. The van der Waals surface area contributed by atoms with Gasteiger partial charge in [-0.3, -0.25) is 4.79 Å². The molecule has 0 aliphatic heterocycles. The smallest absolute Gasteiger partial charge is 0.293 e. The third-order valence-electron chi connectivity index (χ3n) is 2.25. The Hall–Kier alpha value is -2.23. The van der Waals surface area contributed by atoms with E-state index in [0.29, 0.717) is 5.69 Å². The third-order valence-corrected chi connectivity index (χ3v) is 2.25. The summed E-state index contributed by atoms with van der Waals surface area (Å²) in [6.07, 6.45) is 1.45. The number of amides is 1. The highest BCUT2D eigenvalue weighted by atomic mass is 16.3. The Bertz CT molecular complexity index is 491. The van der Waals surface area contributed by atoms with Gasteiger partial charge in [-0.1, -0.05) is 6.07 Å². The average molecular weight is 217 g/mol. The Labute approximate surface area is 92.7 Å². The van der Waals surface area contributed by atoms with E-state index in [0.717, 1.165) is 0 Å². The summed E-state index contributed by atoms with van der Waals surface area (Å²) in [6, 6.07) is 9.73. The highest BCUT2D eigenvalue weighted by molar-refractivity contribution is 6.03. The van der Waals surface area contributed by atoms with Gasteiger partial charge in [-0.25, -0.2) is 0 Å². The van der Waals surface area contributed by atoms with Crippen LogP contribution in [0.25, 0.3) is 0 Å². The van der Waals surface area contributed by atoms with Crippen LogP contribution in [0.4, 0.5) is 5.69 Å². The van der Waals surface area contributed by atoms with Gasteiger partial charge in [0.2, 0.25) is 0 Å². The molecular formula is C12H11NO3. The normalized spacial score (nSPS) is 10.1. The highest BCUT2D eigenvalue weighted by Crippen LogP contribution is 2.20. The molecule has 0 aliphatic rings. The SMILES string of the molecule is CN(C(=O)c1ccco1)c1cccc(O)c1. The number of nitrogens with zero attached hydrogens (tertiary/aromatic N) is 1. The number of phenols is 1. The quantitative estimate of drug-likeness (QED) is 0.839. The lowest BCUT2D eigenvalue weighted by atomic mass is 10.2. The average Bonchev–Trinajstić information content (AvgIpc) is 2.80. The van der Waals surface area contributed by atoms with E-state index in [1.807, 2.05) is 0 Å². The van der Waals surface area contributed by atoms with E-state index < -0.39 is 0 Å². The first kappa shape index (κ1) is 10.3. The lowest BCUT2D eigenvalue weighted by Gasteiger charge is -2.15. The van der Waals surface area contributed by atoms with Crippen LogP contribution in [0.5, 0.6) is 5.75 Å². The van der Waals surface area contributed by atoms with Crippen molar-refractivity contribution in [3.63, 3.8) is 0 Å². The van der Waals surface area contributed by atoms with Crippen LogP contribution in [0.3, 0.4) is 0 Å². The van der Waals surface area contributed by atoms with Crippen LogP contribution in [-0.4, -0.2) is 18.1 Å². The van der Waals surface area contributed by atoms with Crippen LogP contribution in [0.2, 0.25) is 0 Å². The van der Waals surface area contributed by atoms with Gasteiger partial charge in [-0.2, -0.15) is 0 Å². The van der Waals surface area contributed by atoms with Gasteiger partial charge in [-0.15, -0.1) is 0 Å². The first-order valence-corrected chi connectivity index (χ1v) is 4.79. The Morgan fingerprint density at radius 3 is 2.75 bits per heavy atom. The maximum atomic E-state index is 11.9. The molecule has 82 valence electrons. The van der Waals surface area contributed by atoms with Gasteiger partial charge in [0.05, 0.1) is 6.26 Å². The Kier molecular flexibility index (Phi) is 2.64. The van der Waals surface area contributed by atoms with Crippen molar-refractivity contribution in [2.75, 3.05) is 11.9 Å². The summed E-state index contributed by atoms with van der Waals surface area (Å²) < 4.78 is 5.01. The number of benzene rings is 1. The van der Waals surface area contributed by atoms with E-state index in [2.05, 4.69) is 0 Å². The lowest BCUT2D eigenvalue weighted by molar-refractivity contribution is 0.0966. The van der Waals surface area contributed by atoms with Gasteiger partial charge in [-0.05, 0) is 24.3 Å². The van der Waals surface area contributed by atoms with Crippen molar-refractivity contribution in [1.29, 1.82) is 0 Å². The second-order valence-electron chi connectivity index (χ2n) is 3.36. The van der Waals surface area contributed by atoms with Gasteiger partial charge in [0.25, 0.3) is 5.91 Å². The van der Waals surface area contributed by atoms with E-state index in [4.69, 9.17) is 4.42 Å². The predicted molar refractivity (Wildman–Crippen MR) is 59.5 cm³/mol. The Morgan fingerprint density at radius 2 is 2.12 bits per heavy atom. The minimum absolute atomic E-state index is 0.122. The molecule has 0 radical (unpaired) electrons. The second-order valence-corrected chi connectivity index (χ2v) is 3.36. The molecule has 1 aromatic heterocycles. The summed E-state index contributed by atoms with van der Waals surface area (Å²) in [5, 5.41) is 9.31. The number of furan rings is 1. The Morgan fingerprint density at radius 1 is 1.31 bits per heavy atom. The summed E-state index contributed by atoms with van der Waals surface area (Å²) in [5.74, 6) is 0.137. The second kappa shape index (κ2) is 4.10. The zero-order chi connectivity index (χ0) is 11.5. The molecular weight excluding hydrogens is 206 g/mol. The van der Waals surface area contributed by atoms with Crippen LogP contribution in [0.15, 0.2) is 47.1 Å². The molecule has 0 spiro atoms. The number of rotatable bonds is 2. The maximum Gasteiger partial charge on any atom is 0.293 e. The first-order chi connectivity index (χ1) is 7.68. The van der Waals surface area contributed by atoms with Crippen LogP contribution < -0.4 is 4.90 Å². The van der Waals surface area contributed by atoms with Gasteiger partial charge < -0.3 is 14.4 Å². The topological polar surface area (TPSA) is 53.7 Å². The van der Waals surface area contributed by atoms with Crippen LogP contribution in [0, 0.1) is 0 Å². The van der Waals surface area contributed by atoms with E-state index >= 15 is 0 Å². The largest absolute Gasteiger partial charge is 0.508 e. The fourth-order valence-corrected chi connectivity index (χ4v) is 1.38. The van der Waals surface area contributed by atoms with Crippen LogP contribution in [0.1, 0.15) is 10.6 Å². The minimum Gasteiger partial charge on any atom is -0.508 e. The van der Waals surface area contributed by atoms with E-state index in [1.54, 1.807) is 37.4 Å². The number of hydrogen-bond acceptors (Lipinski definition) is 3. The zero-order valence-electron chi connectivity index (χ0n) is 8.75. The number of hydrogen-bond donors (Lipinski definition) is 1. The van der Waals surface area contributed by atoms with Crippen LogP contribution in [-0.2, 0) is 0 Å². The first-order valence-electron chi connectivity index (χ1n) is 4.79. The standard InChI is InChI=1S/C12H11NO3/c1-13(9-4-2-5-10(14)8-9)12(15)11-6-3-7-16-11/h2-8,14H,1H3. The van der Waals surface area contributed by atoms with Gasteiger partial charge in [0.15, 0.2) is 5.76 Å². The molecule has 0 aliphatic carbocycles. The monoisotopic (exact) mass is 217 g/mol. The molecule has 4 heteroatoms. The van der Waals surface area contributed by atoms with E-state index in [-0.39, 0.29) is 17.4 Å². The summed E-state index contributed by atoms with van der Waals surface area (Å²) in [5.41, 5.74) is 0.612. The minimum atomic E-state index is -0.254. The number of anilines is 1. The van der Waals surface area contributed by atoms with Crippen molar-refractivity contribution in [3.05, 3.63) is 48.4 Å². The molecule has 4 nitrogen and oxygen atoms in total. The van der Waals surface area contributed by atoms with Crippen molar-refractivity contribution < 1.29 is 14.3 Å². The molecule has 2 aromatic rings. The predicted octanol–water partition coefficient (Wildman–Crippen LogP) is 2.26. The fraction of sp³-hybridized carbons (Fsp3) is 0.0833. The summed E-state index contributed by atoms with van der Waals surface area (Å²) in [4.78, 5) is 13.3. The fourth-order valence-electron chi connectivity index (χ4n) is 1.38. The molecule has 1 heterocycles. The number of carbonyl (C=O) groups excluding carboxylic acids is 1. The van der Waals surface area contributed by atoms with E-state index in [9.17, 15) is 9.90 Å². The number of phenolic OH excluding ortho intramolecular Hbond substituents is 1.